The van der Waals surface area contributed by atoms with Crippen LogP contribution in [0.2, 0.25) is 0 Å². The van der Waals surface area contributed by atoms with Crippen molar-refractivity contribution in [2.75, 3.05) is 5.32 Å². The van der Waals surface area contributed by atoms with Crippen molar-refractivity contribution < 1.29 is 9.59 Å². The van der Waals surface area contributed by atoms with Crippen molar-refractivity contribution in [2.45, 2.75) is 6.54 Å². The van der Waals surface area contributed by atoms with Gasteiger partial charge < -0.3 is 9.88 Å². The third-order valence-electron chi connectivity index (χ3n) is 2.21. The summed E-state index contributed by atoms with van der Waals surface area (Å²) in [5, 5.41) is 2.75. The first-order valence-electron chi connectivity index (χ1n) is 5.20. The second kappa shape index (κ2) is 5.59. The quantitative estimate of drug-likeness (QED) is 0.880. The van der Waals surface area contributed by atoms with Crippen molar-refractivity contribution in [3.05, 3.63) is 47.0 Å². The topological polar surface area (TPSA) is 64.0 Å². The van der Waals surface area contributed by atoms with Crippen LogP contribution in [0.4, 0.5) is 5.69 Å². The van der Waals surface area contributed by atoms with E-state index < -0.39 is 0 Å². The van der Waals surface area contributed by atoms with E-state index in [0.717, 1.165) is 4.47 Å². The van der Waals surface area contributed by atoms with Gasteiger partial charge in [0.2, 0.25) is 5.91 Å². The molecule has 6 heteroatoms. The minimum absolute atomic E-state index is 0.118. The molecule has 2 rings (SSSR count). The molecule has 1 aromatic carbocycles. The Balaban J connectivity index is 1.98. The zero-order valence-electron chi connectivity index (χ0n) is 9.34. The van der Waals surface area contributed by atoms with Crippen LogP contribution in [0.5, 0.6) is 0 Å². The molecule has 1 amide bonds. The number of nitrogens with one attached hydrogen (secondary N) is 1. The summed E-state index contributed by atoms with van der Waals surface area (Å²) in [6.07, 6.45) is 3.61. The van der Waals surface area contributed by atoms with E-state index >= 15 is 0 Å². The molecule has 0 saturated heterocycles. The van der Waals surface area contributed by atoms with Crippen LogP contribution in [0.1, 0.15) is 10.5 Å². The summed E-state index contributed by atoms with van der Waals surface area (Å²) in [6, 6.07) is 7.32. The van der Waals surface area contributed by atoms with Gasteiger partial charge in [0.1, 0.15) is 12.2 Å². The first-order valence-corrected chi connectivity index (χ1v) is 5.99. The highest BCUT2D eigenvalue weighted by Gasteiger charge is 2.05. The summed E-state index contributed by atoms with van der Waals surface area (Å²) in [5.41, 5.74) is 1.02. The van der Waals surface area contributed by atoms with E-state index in [1.807, 2.05) is 18.2 Å². The average Bonchev–Trinajstić information content (AvgIpc) is 2.76. The number of anilines is 1. The van der Waals surface area contributed by atoms with Crippen LogP contribution in [-0.2, 0) is 11.3 Å². The van der Waals surface area contributed by atoms with Gasteiger partial charge in [0.15, 0.2) is 6.29 Å². The fraction of sp³-hybridized carbons (Fsp3) is 0.0833. The molecular weight excluding hydrogens is 298 g/mol. The molecule has 18 heavy (non-hydrogen) atoms. The van der Waals surface area contributed by atoms with Crippen molar-refractivity contribution in [2.24, 2.45) is 0 Å². The first-order chi connectivity index (χ1) is 8.67. The Bertz CT molecular complexity index is 580. The highest BCUT2D eigenvalue weighted by molar-refractivity contribution is 9.10. The van der Waals surface area contributed by atoms with Gasteiger partial charge in [-0.3, -0.25) is 9.59 Å². The average molecular weight is 308 g/mol. The number of hydrogen-bond donors (Lipinski definition) is 1. The molecule has 2 aromatic rings. The number of aldehydes is 1. The fourth-order valence-electron chi connectivity index (χ4n) is 1.46. The normalized spacial score (nSPS) is 10.1. The molecule has 0 aliphatic rings. The smallest absolute Gasteiger partial charge is 0.244 e. The van der Waals surface area contributed by atoms with Crippen molar-refractivity contribution in [3.63, 3.8) is 0 Å². The van der Waals surface area contributed by atoms with Gasteiger partial charge in [0, 0.05) is 16.4 Å². The number of halogens is 1. The third-order valence-corrected chi connectivity index (χ3v) is 2.70. The van der Waals surface area contributed by atoms with Gasteiger partial charge in [-0.05, 0) is 18.2 Å². The summed E-state index contributed by atoms with van der Waals surface area (Å²) in [4.78, 5) is 26.0. The molecule has 1 N–H and O–H groups in total. The molecule has 0 fully saturated rings. The summed E-state index contributed by atoms with van der Waals surface area (Å²) >= 11 is 3.33. The van der Waals surface area contributed by atoms with Crippen LogP contribution < -0.4 is 5.32 Å². The van der Waals surface area contributed by atoms with E-state index in [4.69, 9.17) is 0 Å². The molecule has 0 unspecified atom stereocenters. The lowest BCUT2D eigenvalue weighted by atomic mass is 10.3. The molecule has 0 radical (unpaired) electrons. The number of rotatable bonds is 4. The van der Waals surface area contributed by atoms with Crippen LogP contribution >= 0.6 is 15.9 Å². The second-order valence-corrected chi connectivity index (χ2v) is 4.56. The molecule has 0 atom stereocenters. The third kappa shape index (κ3) is 3.27. The van der Waals surface area contributed by atoms with Crippen molar-refractivity contribution in [1.29, 1.82) is 0 Å². The second-order valence-electron chi connectivity index (χ2n) is 3.65. The van der Waals surface area contributed by atoms with Gasteiger partial charge in [-0.2, -0.15) is 0 Å². The van der Waals surface area contributed by atoms with Gasteiger partial charge in [-0.1, -0.05) is 22.0 Å². The van der Waals surface area contributed by atoms with Gasteiger partial charge in [-0.25, -0.2) is 4.98 Å². The predicted molar refractivity (Wildman–Crippen MR) is 70.4 cm³/mol. The Hall–Kier alpha value is -1.95. The van der Waals surface area contributed by atoms with Crippen LogP contribution in [-0.4, -0.2) is 21.7 Å². The summed E-state index contributed by atoms with van der Waals surface area (Å²) in [5.74, 6) is -0.178. The van der Waals surface area contributed by atoms with Crippen LogP contribution in [0.15, 0.2) is 41.3 Å². The molecule has 0 spiro atoms. The number of aromatic nitrogens is 2. The Morgan fingerprint density at radius 3 is 3.00 bits per heavy atom. The lowest BCUT2D eigenvalue weighted by molar-refractivity contribution is -0.116. The van der Waals surface area contributed by atoms with E-state index in [2.05, 4.69) is 26.2 Å². The summed E-state index contributed by atoms with van der Waals surface area (Å²) in [7, 11) is 0. The number of nitrogens with zero attached hydrogens (tertiary/aromatic N) is 2. The van der Waals surface area contributed by atoms with Gasteiger partial charge >= 0.3 is 0 Å². The number of amides is 1. The van der Waals surface area contributed by atoms with E-state index in [9.17, 15) is 9.59 Å². The largest absolute Gasteiger partial charge is 0.327 e. The number of imidazole rings is 1. The predicted octanol–water partition coefficient (Wildman–Crippen LogP) is 2.10. The Morgan fingerprint density at radius 2 is 2.33 bits per heavy atom. The van der Waals surface area contributed by atoms with Crippen LogP contribution in [0.3, 0.4) is 0 Å². The lowest BCUT2D eigenvalue weighted by Gasteiger charge is -2.05. The zero-order chi connectivity index (χ0) is 13.0. The maximum atomic E-state index is 11.7. The number of benzene rings is 1. The summed E-state index contributed by atoms with van der Waals surface area (Å²) < 4.78 is 2.45. The monoisotopic (exact) mass is 307 g/mol. The molecule has 92 valence electrons. The fourth-order valence-corrected chi connectivity index (χ4v) is 1.86. The molecule has 0 aliphatic carbocycles. The summed E-state index contributed by atoms with van der Waals surface area (Å²) in [6.45, 7) is 0.118. The van der Waals surface area contributed by atoms with E-state index in [-0.39, 0.29) is 12.5 Å². The minimum atomic E-state index is -0.178. The first kappa shape index (κ1) is 12.5. The van der Waals surface area contributed by atoms with Crippen molar-refractivity contribution in [1.82, 2.24) is 9.55 Å². The number of carbonyl (C=O) groups is 2. The van der Waals surface area contributed by atoms with Gasteiger partial charge in [-0.15, -0.1) is 0 Å². The minimum Gasteiger partial charge on any atom is -0.327 e. The number of hydrogen-bond acceptors (Lipinski definition) is 3. The standard InChI is InChI=1S/C12H10BrN3O2/c13-9-2-1-3-10(4-9)15-12(18)6-16-5-11(7-17)14-8-16/h1-5,7-8H,6H2,(H,15,18). The molecular formula is C12H10BrN3O2. The van der Waals surface area contributed by atoms with Crippen molar-refractivity contribution >= 4 is 33.8 Å². The Morgan fingerprint density at radius 1 is 1.50 bits per heavy atom. The molecule has 1 aromatic heterocycles. The van der Waals surface area contributed by atoms with E-state index in [0.29, 0.717) is 17.7 Å². The highest BCUT2D eigenvalue weighted by atomic mass is 79.9. The van der Waals surface area contributed by atoms with Crippen LogP contribution in [0, 0.1) is 0 Å². The molecule has 0 saturated carbocycles. The van der Waals surface area contributed by atoms with Crippen LogP contribution in [0.25, 0.3) is 0 Å². The zero-order valence-corrected chi connectivity index (χ0v) is 10.9. The molecule has 0 bridgehead atoms. The Labute approximate surface area is 112 Å². The van der Waals surface area contributed by atoms with E-state index in [1.54, 1.807) is 10.6 Å². The number of carbonyl (C=O) groups excluding carboxylic acids is 2. The van der Waals surface area contributed by atoms with E-state index in [1.165, 1.54) is 12.5 Å². The van der Waals surface area contributed by atoms with Crippen molar-refractivity contribution in [3.8, 4) is 0 Å². The SMILES string of the molecule is O=Cc1cn(CC(=O)Nc2cccc(Br)c2)cn1. The maximum absolute atomic E-state index is 11.7. The molecule has 5 nitrogen and oxygen atoms in total. The Kier molecular flexibility index (Phi) is 3.88. The molecule has 1 heterocycles. The van der Waals surface area contributed by atoms with Gasteiger partial charge in [0.05, 0.1) is 6.33 Å². The lowest BCUT2D eigenvalue weighted by Crippen LogP contribution is -2.17. The maximum Gasteiger partial charge on any atom is 0.244 e. The molecule has 0 aliphatic heterocycles. The van der Waals surface area contributed by atoms with Gasteiger partial charge in [0.25, 0.3) is 0 Å². The highest BCUT2D eigenvalue weighted by Crippen LogP contribution is 2.15.